The Labute approximate surface area is 195 Å². The largest absolute Gasteiger partial charge is 0.493 e. The van der Waals surface area contributed by atoms with Crippen LogP contribution < -0.4 is 20.1 Å². The molecule has 1 heterocycles. The summed E-state index contributed by atoms with van der Waals surface area (Å²) >= 11 is 11.3. The number of fused-ring (bicyclic) bond motifs is 1. The number of rotatable bonds is 5. The van der Waals surface area contributed by atoms with Gasteiger partial charge in [0.15, 0.2) is 16.6 Å². The number of hydrogen-bond donors (Lipinski definition) is 2. The maximum atomic E-state index is 12.1. The summed E-state index contributed by atoms with van der Waals surface area (Å²) < 4.78 is 11.6. The van der Waals surface area contributed by atoms with Crippen LogP contribution in [0.4, 0.5) is 0 Å². The van der Waals surface area contributed by atoms with E-state index in [1.165, 1.54) is 13.2 Å². The molecular formula is C24H19ClN2O4S. The summed E-state index contributed by atoms with van der Waals surface area (Å²) in [5.74, 6) is -0.405. The molecule has 3 aromatic carbocycles. The second-order valence-electron chi connectivity index (χ2n) is 7.20. The van der Waals surface area contributed by atoms with Gasteiger partial charge in [-0.25, -0.2) is 0 Å². The van der Waals surface area contributed by atoms with Crippen molar-refractivity contribution in [2.75, 3.05) is 7.11 Å². The third-order valence-corrected chi connectivity index (χ3v) is 5.63. The van der Waals surface area contributed by atoms with Crippen LogP contribution in [0.1, 0.15) is 16.7 Å². The lowest BCUT2D eigenvalue weighted by Crippen LogP contribution is -2.51. The van der Waals surface area contributed by atoms with Crippen LogP contribution in [-0.4, -0.2) is 24.0 Å². The monoisotopic (exact) mass is 466 g/mol. The van der Waals surface area contributed by atoms with Crippen molar-refractivity contribution in [1.29, 1.82) is 0 Å². The van der Waals surface area contributed by atoms with E-state index in [1.54, 1.807) is 12.1 Å². The molecule has 0 aromatic heterocycles. The van der Waals surface area contributed by atoms with Gasteiger partial charge in [0.25, 0.3) is 11.8 Å². The van der Waals surface area contributed by atoms with Crippen molar-refractivity contribution in [3.8, 4) is 11.5 Å². The van der Waals surface area contributed by atoms with Crippen molar-refractivity contribution in [3.63, 3.8) is 0 Å². The van der Waals surface area contributed by atoms with Crippen molar-refractivity contribution >= 4 is 57.6 Å². The summed E-state index contributed by atoms with van der Waals surface area (Å²) in [4.78, 5) is 24.2. The molecular weight excluding hydrogens is 448 g/mol. The van der Waals surface area contributed by atoms with E-state index in [2.05, 4.69) is 34.9 Å². The zero-order valence-electron chi connectivity index (χ0n) is 17.3. The maximum absolute atomic E-state index is 12.1. The number of aryl methyl sites for hydroxylation is 1. The molecule has 3 aromatic rings. The molecule has 1 aliphatic rings. The first kappa shape index (κ1) is 21.8. The molecule has 4 rings (SSSR count). The number of hydrogen-bond acceptors (Lipinski definition) is 5. The summed E-state index contributed by atoms with van der Waals surface area (Å²) in [5.41, 5.74) is 2.58. The van der Waals surface area contributed by atoms with Gasteiger partial charge < -0.3 is 9.47 Å². The molecule has 8 heteroatoms. The predicted octanol–water partition coefficient (Wildman–Crippen LogP) is 4.30. The van der Waals surface area contributed by atoms with Crippen molar-refractivity contribution in [1.82, 2.24) is 10.6 Å². The quantitative estimate of drug-likeness (QED) is 0.333. The molecule has 0 atom stereocenters. The SMILES string of the molecule is COc1cc(C=C2C(=O)NC(=S)NC2=O)cc(Cl)c1OCc1c(C)ccc2ccccc12. The minimum Gasteiger partial charge on any atom is -0.493 e. The summed E-state index contributed by atoms with van der Waals surface area (Å²) in [6.07, 6.45) is 1.42. The lowest BCUT2D eigenvalue weighted by molar-refractivity contribution is -0.123. The van der Waals surface area contributed by atoms with Crippen LogP contribution in [0.2, 0.25) is 5.02 Å². The number of nitrogens with one attached hydrogen (secondary N) is 2. The number of benzene rings is 3. The third-order valence-electron chi connectivity index (χ3n) is 5.14. The molecule has 2 N–H and O–H groups in total. The standard InChI is InChI=1S/C24H19ClN2O4S/c1-13-7-8-15-5-3-4-6-16(15)18(13)12-31-21-19(25)10-14(11-20(21)30-2)9-17-22(28)26-24(32)27-23(17)29/h3-11H,12H2,1-2H3,(H2,26,27,28,29,32). The Morgan fingerprint density at radius 3 is 2.50 bits per heavy atom. The average molecular weight is 467 g/mol. The van der Waals surface area contributed by atoms with Crippen molar-refractivity contribution in [3.05, 3.63) is 75.8 Å². The second-order valence-corrected chi connectivity index (χ2v) is 8.02. The fourth-order valence-electron chi connectivity index (χ4n) is 3.52. The molecule has 0 radical (unpaired) electrons. The fraction of sp³-hybridized carbons (Fsp3) is 0.125. The highest BCUT2D eigenvalue weighted by Crippen LogP contribution is 2.38. The zero-order chi connectivity index (χ0) is 22.8. The normalized spacial score (nSPS) is 13.6. The van der Waals surface area contributed by atoms with Crippen LogP contribution in [0.3, 0.4) is 0 Å². The Hall–Kier alpha value is -3.42. The first-order valence-electron chi connectivity index (χ1n) is 9.73. The van der Waals surface area contributed by atoms with Gasteiger partial charge in [0.1, 0.15) is 12.2 Å². The van der Waals surface area contributed by atoms with Gasteiger partial charge in [-0.3, -0.25) is 20.2 Å². The van der Waals surface area contributed by atoms with E-state index < -0.39 is 11.8 Å². The minimum atomic E-state index is -0.583. The van der Waals surface area contributed by atoms with E-state index in [1.807, 2.05) is 19.1 Å². The summed E-state index contributed by atoms with van der Waals surface area (Å²) in [5, 5.41) is 7.29. The highest BCUT2D eigenvalue weighted by atomic mass is 35.5. The number of halogens is 1. The zero-order valence-corrected chi connectivity index (χ0v) is 18.9. The van der Waals surface area contributed by atoms with Gasteiger partial charge >= 0.3 is 0 Å². The third kappa shape index (κ3) is 4.30. The molecule has 0 saturated carbocycles. The summed E-state index contributed by atoms with van der Waals surface area (Å²) in [6.45, 7) is 2.33. The molecule has 2 amide bonds. The number of carbonyl (C=O) groups is 2. The van der Waals surface area contributed by atoms with Gasteiger partial charge in [-0.1, -0.05) is 48.0 Å². The van der Waals surface area contributed by atoms with Gasteiger partial charge in [-0.15, -0.1) is 0 Å². The van der Waals surface area contributed by atoms with Crippen LogP contribution in [0.5, 0.6) is 11.5 Å². The predicted molar refractivity (Wildman–Crippen MR) is 128 cm³/mol. The molecule has 1 fully saturated rings. The minimum absolute atomic E-state index is 0.0276. The van der Waals surface area contributed by atoms with Crippen LogP contribution >= 0.6 is 23.8 Å². The molecule has 0 bridgehead atoms. The molecule has 1 saturated heterocycles. The van der Waals surface area contributed by atoms with E-state index in [-0.39, 0.29) is 10.7 Å². The highest BCUT2D eigenvalue weighted by molar-refractivity contribution is 7.80. The van der Waals surface area contributed by atoms with Gasteiger partial charge in [0.05, 0.1) is 12.1 Å². The van der Waals surface area contributed by atoms with E-state index in [9.17, 15) is 9.59 Å². The molecule has 162 valence electrons. The number of methoxy groups -OCH3 is 1. The first-order valence-corrected chi connectivity index (χ1v) is 10.5. The van der Waals surface area contributed by atoms with Crippen molar-refractivity contribution in [2.45, 2.75) is 13.5 Å². The Kier molecular flexibility index (Phi) is 6.12. The topological polar surface area (TPSA) is 76.7 Å². The maximum Gasteiger partial charge on any atom is 0.263 e. The van der Waals surface area contributed by atoms with E-state index in [0.29, 0.717) is 28.7 Å². The van der Waals surface area contributed by atoms with Crippen molar-refractivity contribution < 1.29 is 19.1 Å². The summed E-state index contributed by atoms with van der Waals surface area (Å²) in [6, 6.07) is 15.5. The lowest BCUT2D eigenvalue weighted by atomic mass is 10.0. The van der Waals surface area contributed by atoms with Crippen LogP contribution in [0, 0.1) is 6.92 Å². The number of carbonyl (C=O) groups excluding carboxylic acids is 2. The fourth-order valence-corrected chi connectivity index (χ4v) is 3.98. The Balaban J connectivity index is 1.65. The first-order chi connectivity index (χ1) is 15.4. The van der Waals surface area contributed by atoms with Gasteiger partial charge in [0, 0.05) is 5.56 Å². The van der Waals surface area contributed by atoms with Crippen LogP contribution in [0.15, 0.2) is 54.1 Å². The lowest BCUT2D eigenvalue weighted by Gasteiger charge is -2.17. The van der Waals surface area contributed by atoms with Crippen LogP contribution in [0.25, 0.3) is 16.8 Å². The van der Waals surface area contributed by atoms with E-state index in [4.69, 9.17) is 33.3 Å². The highest BCUT2D eigenvalue weighted by Gasteiger charge is 2.26. The summed E-state index contributed by atoms with van der Waals surface area (Å²) in [7, 11) is 1.50. The Morgan fingerprint density at radius 1 is 1.06 bits per heavy atom. The molecule has 0 unspecified atom stereocenters. The van der Waals surface area contributed by atoms with Gasteiger partial charge in [0.2, 0.25) is 0 Å². The molecule has 32 heavy (non-hydrogen) atoms. The van der Waals surface area contributed by atoms with Crippen molar-refractivity contribution in [2.24, 2.45) is 0 Å². The van der Waals surface area contributed by atoms with Gasteiger partial charge in [-0.05, 0) is 59.2 Å². The number of thiocarbonyl (C=S) groups is 1. The second kappa shape index (κ2) is 8.98. The average Bonchev–Trinajstić information content (AvgIpc) is 2.76. The molecule has 6 nitrogen and oxygen atoms in total. The molecule has 0 aliphatic carbocycles. The number of amides is 2. The Morgan fingerprint density at radius 2 is 1.78 bits per heavy atom. The van der Waals surface area contributed by atoms with E-state index in [0.717, 1.165) is 21.9 Å². The van der Waals surface area contributed by atoms with Gasteiger partial charge in [-0.2, -0.15) is 0 Å². The Bertz CT molecular complexity index is 1280. The van der Waals surface area contributed by atoms with E-state index >= 15 is 0 Å². The van der Waals surface area contributed by atoms with Crippen LogP contribution in [-0.2, 0) is 16.2 Å². The molecule has 0 spiro atoms. The smallest absolute Gasteiger partial charge is 0.263 e. The number of ether oxygens (including phenoxy) is 2. The molecule has 1 aliphatic heterocycles.